The van der Waals surface area contributed by atoms with Crippen molar-refractivity contribution < 1.29 is 14.7 Å². The fourth-order valence-corrected chi connectivity index (χ4v) is 2.67. The van der Waals surface area contributed by atoms with Gasteiger partial charge in [0.1, 0.15) is 6.54 Å². The van der Waals surface area contributed by atoms with E-state index in [1.54, 1.807) is 24.3 Å². The topological polar surface area (TPSA) is 57.6 Å². The van der Waals surface area contributed by atoms with Gasteiger partial charge in [0.15, 0.2) is 0 Å². The zero-order chi connectivity index (χ0) is 16.7. The van der Waals surface area contributed by atoms with E-state index in [0.29, 0.717) is 17.9 Å². The Morgan fingerprint density at radius 2 is 1.57 bits per heavy atom. The molecule has 0 aromatic heterocycles. The normalized spacial score (nSPS) is 11.7. The van der Waals surface area contributed by atoms with E-state index in [1.165, 1.54) is 4.90 Å². The molecule has 0 bridgehead atoms. The minimum absolute atomic E-state index is 0.225. The van der Waals surface area contributed by atoms with E-state index < -0.39 is 5.97 Å². The summed E-state index contributed by atoms with van der Waals surface area (Å²) in [5, 5.41) is 9.13. The lowest BCUT2D eigenvalue weighted by molar-refractivity contribution is -0.137. The highest BCUT2D eigenvalue weighted by atomic mass is 32.1. The van der Waals surface area contributed by atoms with Crippen LogP contribution in [0.15, 0.2) is 60.7 Å². The van der Waals surface area contributed by atoms with Crippen LogP contribution >= 0.6 is 12.6 Å². The largest absolute Gasteiger partial charge is 0.480 e. The summed E-state index contributed by atoms with van der Waals surface area (Å²) in [7, 11) is 0. The zero-order valence-electron chi connectivity index (χ0n) is 12.6. The number of anilines is 1. The first kappa shape index (κ1) is 17.1. The van der Waals surface area contributed by atoms with Crippen molar-refractivity contribution >= 4 is 30.2 Å². The second-order valence-corrected chi connectivity index (χ2v) is 5.59. The van der Waals surface area contributed by atoms with Crippen molar-refractivity contribution in [3.8, 4) is 0 Å². The van der Waals surface area contributed by atoms with Crippen LogP contribution in [0.5, 0.6) is 0 Å². The second-order valence-electron chi connectivity index (χ2n) is 5.22. The third-order valence-electron chi connectivity index (χ3n) is 3.52. The molecule has 1 atom stereocenters. The molecule has 4 nitrogen and oxygen atoms in total. The van der Waals surface area contributed by atoms with Crippen LogP contribution < -0.4 is 4.90 Å². The molecule has 0 radical (unpaired) electrons. The predicted octanol–water partition coefficient (Wildman–Crippen LogP) is 2.89. The average Bonchev–Trinajstić information content (AvgIpc) is 2.58. The van der Waals surface area contributed by atoms with Gasteiger partial charge in [-0.15, -0.1) is 0 Å². The number of benzene rings is 2. The minimum Gasteiger partial charge on any atom is -0.480 e. The number of carboxylic acid groups (broad SMARTS) is 1. The maximum atomic E-state index is 12.8. The number of para-hydroxylation sites is 1. The van der Waals surface area contributed by atoms with Gasteiger partial charge in [0.05, 0.1) is 5.92 Å². The molecule has 23 heavy (non-hydrogen) atoms. The van der Waals surface area contributed by atoms with Gasteiger partial charge in [-0.3, -0.25) is 9.59 Å². The molecule has 0 aliphatic carbocycles. The molecule has 0 heterocycles. The SMILES string of the molecule is O=C(O)CN(C(=O)[C@@H](CS)Cc1ccccc1)c1ccccc1. The van der Waals surface area contributed by atoms with E-state index in [1.807, 2.05) is 36.4 Å². The Bertz CT molecular complexity index is 646. The monoisotopic (exact) mass is 329 g/mol. The number of rotatable bonds is 7. The Balaban J connectivity index is 2.22. The Morgan fingerprint density at radius 1 is 1.00 bits per heavy atom. The third kappa shape index (κ3) is 4.86. The maximum Gasteiger partial charge on any atom is 0.323 e. The summed E-state index contributed by atoms with van der Waals surface area (Å²) in [4.78, 5) is 25.3. The van der Waals surface area contributed by atoms with Crippen LogP contribution in [0.25, 0.3) is 0 Å². The Hall–Kier alpha value is -2.27. The lowest BCUT2D eigenvalue weighted by Gasteiger charge is -2.25. The number of aliphatic carboxylic acids is 1. The maximum absolute atomic E-state index is 12.8. The van der Waals surface area contributed by atoms with Crippen LogP contribution in [-0.2, 0) is 16.0 Å². The summed E-state index contributed by atoms with van der Waals surface area (Å²) in [5.41, 5.74) is 1.61. The van der Waals surface area contributed by atoms with E-state index in [4.69, 9.17) is 5.11 Å². The number of nitrogens with zero attached hydrogens (tertiary/aromatic N) is 1. The number of amides is 1. The summed E-state index contributed by atoms with van der Waals surface area (Å²) in [6.45, 7) is -0.359. The summed E-state index contributed by atoms with van der Waals surface area (Å²) in [6.07, 6.45) is 0.534. The van der Waals surface area contributed by atoms with Gasteiger partial charge < -0.3 is 10.0 Å². The van der Waals surface area contributed by atoms with Crippen LogP contribution in [0.1, 0.15) is 5.56 Å². The number of carbonyl (C=O) groups is 2. The smallest absolute Gasteiger partial charge is 0.323 e. The van der Waals surface area contributed by atoms with Gasteiger partial charge in [0, 0.05) is 11.4 Å². The summed E-state index contributed by atoms with van der Waals surface area (Å²) in [5.74, 6) is -1.28. The first-order chi connectivity index (χ1) is 11.1. The quantitative estimate of drug-likeness (QED) is 0.768. The van der Waals surface area contributed by atoms with Crippen molar-refractivity contribution in [2.24, 2.45) is 5.92 Å². The van der Waals surface area contributed by atoms with Crippen LogP contribution in [0.2, 0.25) is 0 Å². The highest BCUT2D eigenvalue weighted by Crippen LogP contribution is 2.19. The average molecular weight is 329 g/mol. The molecule has 2 aromatic carbocycles. The van der Waals surface area contributed by atoms with Gasteiger partial charge in [0.2, 0.25) is 5.91 Å². The summed E-state index contributed by atoms with van der Waals surface area (Å²) >= 11 is 4.29. The van der Waals surface area contributed by atoms with Crippen LogP contribution in [0.4, 0.5) is 5.69 Å². The molecule has 1 amide bonds. The Labute approximate surface area is 141 Å². The molecule has 0 saturated carbocycles. The van der Waals surface area contributed by atoms with Crippen molar-refractivity contribution in [2.75, 3.05) is 17.2 Å². The highest BCUT2D eigenvalue weighted by molar-refractivity contribution is 7.80. The van der Waals surface area contributed by atoms with Crippen molar-refractivity contribution in [3.63, 3.8) is 0 Å². The highest BCUT2D eigenvalue weighted by Gasteiger charge is 2.26. The lowest BCUT2D eigenvalue weighted by Crippen LogP contribution is -2.41. The van der Waals surface area contributed by atoms with Gasteiger partial charge in [-0.05, 0) is 24.1 Å². The van der Waals surface area contributed by atoms with Crippen molar-refractivity contribution in [3.05, 3.63) is 66.2 Å². The van der Waals surface area contributed by atoms with Gasteiger partial charge in [-0.25, -0.2) is 0 Å². The van der Waals surface area contributed by atoms with Crippen LogP contribution in [-0.4, -0.2) is 29.3 Å². The van der Waals surface area contributed by atoms with E-state index in [9.17, 15) is 9.59 Å². The number of hydrogen-bond acceptors (Lipinski definition) is 3. The first-order valence-corrected chi connectivity index (χ1v) is 7.98. The lowest BCUT2D eigenvalue weighted by atomic mass is 9.99. The first-order valence-electron chi connectivity index (χ1n) is 7.35. The molecule has 120 valence electrons. The zero-order valence-corrected chi connectivity index (χ0v) is 13.5. The Morgan fingerprint density at radius 3 is 2.09 bits per heavy atom. The fourth-order valence-electron chi connectivity index (χ4n) is 2.39. The van der Waals surface area contributed by atoms with Gasteiger partial charge in [-0.1, -0.05) is 48.5 Å². The molecular formula is C18H19NO3S. The molecular weight excluding hydrogens is 310 g/mol. The molecule has 0 aliphatic rings. The van der Waals surface area contributed by atoms with Crippen molar-refractivity contribution in [2.45, 2.75) is 6.42 Å². The molecule has 0 fully saturated rings. The number of carbonyl (C=O) groups excluding carboxylic acids is 1. The van der Waals surface area contributed by atoms with E-state index in [0.717, 1.165) is 5.56 Å². The Kier molecular flexibility index (Phi) is 6.23. The fraction of sp³-hybridized carbons (Fsp3) is 0.222. The molecule has 0 spiro atoms. The molecule has 5 heteroatoms. The van der Waals surface area contributed by atoms with E-state index in [2.05, 4.69) is 12.6 Å². The van der Waals surface area contributed by atoms with Crippen LogP contribution in [0, 0.1) is 5.92 Å². The van der Waals surface area contributed by atoms with Crippen LogP contribution in [0.3, 0.4) is 0 Å². The molecule has 0 saturated heterocycles. The molecule has 0 unspecified atom stereocenters. The van der Waals surface area contributed by atoms with E-state index in [-0.39, 0.29) is 18.4 Å². The standard InChI is InChI=1S/C18H19NO3S/c20-17(21)12-19(16-9-5-2-6-10-16)18(22)15(13-23)11-14-7-3-1-4-8-14/h1-10,15,23H,11-13H2,(H,20,21)/t15-/m1/s1. The minimum atomic E-state index is -1.04. The van der Waals surface area contributed by atoms with Gasteiger partial charge in [0.25, 0.3) is 0 Å². The summed E-state index contributed by atoms with van der Waals surface area (Å²) in [6, 6.07) is 18.5. The van der Waals surface area contributed by atoms with Gasteiger partial charge >= 0.3 is 5.97 Å². The van der Waals surface area contributed by atoms with Crippen molar-refractivity contribution in [1.29, 1.82) is 0 Å². The molecule has 2 aromatic rings. The number of carboxylic acids is 1. The molecule has 1 N–H and O–H groups in total. The molecule has 0 aliphatic heterocycles. The summed E-state index contributed by atoms with van der Waals surface area (Å²) < 4.78 is 0. The third-order valence-corrected chi connectivity index (χ3v) is 3.96. The van der Waals surface area contributed by atoms with Crippen molar-refractivity contribution in [1.82, 2.24) is 0 Å². The number of thiol groups is 1. The van der Waals surface area contributed by atoms with Gasteiger partial charge in [-0.2, -0.15) is 12.6 Å². The molecule has 2 rings (SSSR count). The second kappa shape index (κ2) is 8.39. The number of hydrogen-bond donors (Lipinski definition) is 2. The van der Waals surface area contributed by atoms with E-state index >= 15 is 0 Å². The predicted molar refractivity (Wildman–Crippen MR) is 93.9 cm³/mol.